The fourth-order valence-corrected chi connectivity index (χ4v) is 3.09. The van der Waals surface area contributed by atoms with Crippen molar-refractivity contribution in [2.45, 2.75) is 26.2 Å². The third-order valence-electron chi connectivity index (χ3n) is 3.78. The van der Waals surface area contributed by atoms with Crippen molar-refractivity contribution < 1.29 is 9.21 Å². The number of hydrogen-bond donors (Lipinski definition) is 1. The molecule has 3 aromatic rings. The third kappa shape index (κ3) is 4.55. The van der Waals surface area contributed by atoms with E-state index in [1.54, 1.807) is 17.6 Å². The van der Waals surface area contributed by atoms with Crippen molar-refractivity contribution in [2.24, 2.45) is 0 Å². The van der Waals surface area contributed by atoms with Crippen LogP contribution in [0.4, 0.5) is 0 Å². The molecule has 0 fully saturated rings. The Morgan fingerprint density at radius 3 is 2.71 bits per heavy atom. The van der Waals surface area contributed by atoms with Gasteiger partial charge in [-0.1, -0.05) is 24.3 Å². The van der Waals surface area contributed by atoms with Crippen LogP contribution in [0, 0.1) is 6.92 Å². The average molecular weight is 340 g/mol. The molecule has 2 aromatic heterocycles. The Bertz CT molecular complexity index is 776. The first-order chi connectivity index (χ1) is 11.7. The molecule has 3 rings (SSSR count). The van der Waals surface area contributed by atoms with Crippen LogP contribution >= 0.6 is 11.3 Å². The van der Waals surface area contributed by atoms with E-state index < -0.39 is 0 Å². The van der Waals surface area contributed by atoms with Gasteiger partial charge in [-0.25, -0.2) is 4.98 Å². The van der Waals surface area contributed by atoms with Crippen LogP contribution in [0.25, 0.3) is 11.3 Å². The fraction of sp³-hybridized carbons (Fsp3) is 0.263. The summed E-state index contributed by atoms with van der Waals surface area (Å²) >= 11 is 1.66. The Morgan fingerprint density at radius 1 is 1.21 bits per heavy atom. The normalized spacial score (nSPS) is 10.7. The highest BCUT2D eigenvalue weighted by Crippen LogP contribution is 2.21. The summed E-state index contributed by atoms with van der Waals surface area (Å²) in [5, 5.41) is 6.10. The van der Waals surface area contributed by atoms with E-state index in [4.69, 9.17) is 4.42 Å². The molecule has 1 amide bonds. The van der Waals surface area contributed by atoms with Crippen LogP contribution in [-0.4, -0.2) is 17.4 Å². The van der Waals surface area contributed by atoms with E-state index in [1.165, 1.54) is 5.56 Å². The topological polar surface area (TPSA) is 55.1 Å². The molecule has 0 bridgehead atoms. The van der Waals surface area contributed by atoms with Crippen LogP contribution < -0.4 is 5.32 Å². The predicted octanol–water partition coefficient (Wildman–Crippen LogP) is 4.00. The van der Waals surface area contributed by atoms with Gasteiger partial charge in [-0.15, -0.1) is 11.3 Å². The van der Waals surface area contributed by atoms with Crippen molar-refractivity contribution in [1.82, 2.24) is 10.3 Å². The molecule has 0 saturated carbocycles. The summed E-state index contributed by atoms with van der Waals surface area (Å²) in [5.74, 6) is 0.902. The van der Waals surface area contributed by atoms with Gasteiger partial charge in [0, 0.05) is 30.3 Å². The van der Waals surface area contributed by atoms with E-state index in [2.05, 4.69) is 39.9 Å². The van der Waals surface area contributed by atoms with Crippen molar-refractivity contribution in [3.63, 3.8) is 0 Å². The van der Waals surface area contributed by atoms with Crippen LogP contribution in [0.2, 0.25) is 0 Å². The Hall–Kier alpha value is -2.40. The van der Waals surface area contributed by atoms with Gasteiger partial charge in [-0.2, -0.15) is 0 Å². The highest BCUT2D eigenvalue weighted by molar-refractivity contribution is 7.09. The number of aromatic nitrogens is 1. The smallest absolute Gasteiger partial charge is 0.220 e. The molecular weight excluding hydrogens is 320 g/mol. The summed E-state index contributed by atoms with van der Waals surface area (Å²) < 4.78 is 5.22. The van der Waals surface area contributed by atoms with Gasteiger partial charge in [0.05, 0.1) is 17.0 Å². The highest BCUT2D eigenvalue weighted by atomic mass is 32.1. The number of rotatable bonds is 7. The number of furan rings is 1. The Kier molecular flexibility index (Phi) is 5.43. The molecule has 1 N–H and O–H groups in total. The molecule has 5 heteroatoms. The number of amides is 1. The van der Waals surface area contributed by atoms with Crippen molar-refractivity contribution in [1.29, 1.82) is 0 Å². The first-order valence-corrected chi connectivity index (χ1v) is 8.89. The predicted molar refractivity (Wildman–Crippen MR) is 96.0 cm³/mol. The van der Waals surface area contributed by atoms with Gasteiger partial charge >= 0.3 is 0 Å². The van der Waals surface area contributed by atoms with Crippen molar-refractivity contribution in [3.05, 3.63) is 64.4 Å². The lowest BCUT2D eigenvalue weighted by molar-refractivity contribution is -0.121. The minimum Gasteiger partial charge on any atom is -0.469 e. The van der Waals surface area contributed by atoms with Gasteiger partial charge in [0.15, 0.2) is 0 Å². The van der Waals surface area contributed by atoms with Crippen molar-refractivity contribution in [3.8, 4) is 11.3 Å². The summed E-state index contributed by atoms with van der Waals surface area (Å²) in [6.45, 7) is 2.66. The summed E-state index contributed by atoms with van der Waals surface area (Å²) in [4.78, 5) is 16.3. The largest absolute Gasteiger partial charge is 0.469 e. The number of thiazole rings is 1. The van der Waals surface area contributed by atoms with Crippen molar-refractivity contribution in [2.75, 3.05) is 6.54 Å². The lowest BCUT2D eigenvalue weighted by Crippen LogP contribution is -2.25. The van der Waals surface area contributed by atoms with Crippen molar-refractivity contribution >= 4 is 17.2 Å². The molecule has 0 aliphatic heterocycles. The maximum atomic E-state index is 11.8. The molecule has 2 heterocycles. The molecule has 0 saturated heterocycles. The van der Waals surface area contributed by atoms with E-state index in [9.17, 15) is 4.79 Å². The van der Waals surface area contributed by atoms with Gasteiger partial charge < -0.3 is 9.73 Å². The van der Waals surface area contributed by atoms with Crippen LogP contribution in [0.5, 0.6) is 0 Å². The van der Waals surface area contributed by atoms with Crippen LogP contribution in [-0.2, 0) is 17.6 Å². The zero-order valence-electron chi connectivity index (χ0n) is 13.6. The number of nitrogens with one attached hydrogen (secondary N) is 1. The van der Waals surface area contributed by atoms with E-state index in [1.807, 2.05) is 19.1 Å². The van der Waals surface area contributed by atoms with Gasteiger partial charge in [-0.05, 0) is 31.0 Å². The van der Waals surface area contributed by atoms with Gasteiger partial charge in [0.25, 0.3) is 0 Å². The maximum Gasteiger partial charge on any atom is 0.220 e. The quantitative estimate of drug-likeness (QED) is 0.707. The Labute approximate surface area is 145 Å². The number of nitrogens with zero attached hydrogens (tertiary/aromatic N) is 1. The minimum atomic E-state index is 0.0565. The van der Waals surface area contributed by atoms with E-state index in [0.717, 1.165) is 28.4 Å². The minimum absolute atomic E-state index is 0.0565. The molecule has 0 unspecified atom stereocenters. The lowest BCUT2D eigenvalue weighted by atomic mass is 10.1. The molecule has 0 atom stereocenters. The molecule has 124 valence electrons. The Morgan fingerprint density at radius 2 is 2.04 bits per heavy atom. The van der Waals surface area contributed by atoms with E-state index in [-0.39, 0.29) is 5.91 Å². The molecule has 0 radical (unpaired) electrons. The van der Waals surface area contributed by atoms with Gasteiger partial charge in [0.1, 0.15) is 5.76 Å². The molecular formula is C19H20N2O2S. The van der Waals surface area contributed by atoms with Crippen LogP contribution in [0.15, 0.2) is 52.5 Å². The fourth-order valence-electron chi connectivity index (χ4n) is 2.46. The number of hydrogen-bond acceptors (Lipinski definition) is 4. The monoisotopic (exact) mass is 340 g/mol. The molecule has 1 aromatic carbocycles. The molecule has 24 heavy (non-hydrogen) atoms. The standard InChI is InChI=1S/C19H20N2O2S/c1-14-21-18(13-24-14)16-6-4-15(5-7-16)10-11-20-19(22)9-8-17-3-2-12-23-17/h2-7,12-13H,8-11H2,1H3,(H,20,22). The summed E-state index contributed by atoms with van der Waals surface area (Å²) in [7, 11) is 0. The van der Waals surface area contributed by atoms with E-state index in [0.29, 0.717) is 19.4 Å². The third-order valence-corrected chi connectivity index (χ3v) is 4.56. The van der Waals surface area contributed by atoms with Gasteiger partial charge in [0.2, 0.25) is 5.91 Å². The molecule has 0 spiro atoms. The summed E-state index contributed by atoms with van der Waals surface area (Å²) in [5.41, 5.74) is 3.36. The zero-order chi connectivity index (χ0) is 16.8. The SMILES string of the molecule is Cc1nc(-c2ccc(CCNC(=O)CCc3ccco3)cc2)cs1. The molecule has 0 aliphatic rings. The van der Waals surface area contributed by atoms with Gasteiger partial charge in [-0.3, -0.25) is 4.79 Å². The van der Waals surface area contributed by atoms with Crippen LogP contribution in [0.1, 0.15) is 22.8 Å². The summed E-state index contributed by atoms with van der Waals surface area (Å²) in [6.07, 6.45) is 3.54. The Balaban J connectivity index is 1.42. The molecule has 4 nitrogen and oxygen atoms in total. The summed E-state index contributed by atoms with van der Waals surface area (Å²) in [6, 6.07) is 12.1. The second-order valence-electron chi connectivity index (χ2n) is 5.63. The highest BCUT2D eigenvalue weighted by Gasteiger charge is 2.05. The number of carbonyl (C=O) groups excluding carboxylic acids is 1. The first-order valence-electron chi connectivity index (χ1n) is 8.01. The molecule has 0 aliphatic carbocycles. The van der Waals surface area contributed by atoms with E-state index >= 15 is 0 Å². The van der Waals surface area contributed by atoms with Crippen LogP contribution in [0.3, 0.4) is 0 Å². The first kappa shape index (κ1) is 16.5. The average Bonchev–Trinajstić information content (AvgIpc) is 3.25. The lowest BCUT2D eigenvalue weighted by Gasteiger charge is -2.05. The number of benzene rings is 1. The number of carbonyl (C=O) groups is 1. The second-order valence-corrected chi connectivity index (χ2v) is 6.69. The number of aryl methyl sites for hydroxylation is 2. The second kappa shape index (κ2) is 7.93. The maximum absolute atomic E-state index is 11.8. The zero-order valence-corrected chi connectivity index (χ0v) is 14.4.